The predicted octanol–water partition coefficient (Wildman–Crippen LogP) is 3.03. The molecule has 2 rings (SSSR count). The second kappa shape index (κ2) is 7.21. The molecule has 1 heterocycles. The van der Waals surface area contributed by atoms with Gasteiger partial charge in [0.15, 0.2) is 5.82 Å². The summed E-state index contributed by atoms with van der Waals surface area (Å²) < 4.78 is 1.99. The summed E-state index contributed by atoms with van der Waals surface area (Å²) in [7, 11) is 2.04. The van der Waals surface area contributed by atoms with Crippen LogP contribution in [-0.4, -0.2) is 21.3 Å². The first-order chi connectivity index (χ1) is 9.61. The number of hydrogen-bond donors (Lipinski definition) is 1. The van der Waals surface area contributed by atoms with Gasteiger partial charge in [0.1, 0.15) is 5.82 Å². The molecule has 1 aliphatic carbocycles. The second-order valence-electron chi connectivity index (χ2n) is 6.61. The molecule has 1 atom stereocenters. The largest absolute Gasteiger partial charge is 0.330 e. The summed E-state index contributed by atoms with van der Waals surface area (Å²) in [5.74, 6) is 4.24. The van der Waals surface area contributed by atoms with Crippen molar-refractivity contribution in [2.24, 2.45) is 24.6 Å². The maximum atomic E-state index is 5.72. The molecule has 4 nitrogen and oxygen atoms in total. The summed E-state index contributed by atoms with van der Waals surface area (Å²) in [6.07, 6.45) is 8.53. The Morgan fingerprint density at radius 3 is 2.55 bits per heavy atom. The van der Waals surface area contributed by atoms with Gasteiger partial charge < -0.3 is 5.73 Å². The van der Waals surface area contributed by atoms with Crippen molar-refractivity contribution in [3.8, 4) is 0 Å². The van der Waals surface area contributed by atoms with E-state index in [9.17, 15) is 0 Å². The van der Waals surface area contributed by atoms with Crippen molar-refractivity contribution in [2.75, 3.05) is 6.54 Å². The molecule has 0 spiro atoms. The minimum Gasteiger partial charge on any atom is -0.330 e. The maximum Gasteiger partial charge on any atom is 0.154 e. The molecule has 20 heavy (non-hydrogen) atoms. The lowest BCUT2D eigenvalue weighted by Gasteiger charge is -2.19. The smallest absolute Gasteiger partial charge is 0.154 e. The summed E-state index contributed by atoms with van der Waals surface area (Å²) in [5, 5.41) is 4.64. The van der Waals surface area contributed by atoms with E-state index in [0.29, 0.717) is 17.8 Å². The van der Waals surface area contributed by atoms with Crippen molar-refractivity contribution in [2.45, 2.75) is 64.7 Å². The Labute approximate surface area is 123 Å². The molecule has 1 aromatic rings. The van der Waals surface area contributed by atoms with E-state index in [1.807, 2.05) is 11.7 Å². The Morgan fingerprint density at radius 1 is 1.25 bits per heavy atom. The van der Waals surface area contributed by atoms with Crippen LogP contribution in [0.5, 0.6) is 0 Å². The van der Waals surface area contributed by atoms with E-state index in [4.69, 9.17) is 10.7 Å². The first-order valence-electron chi connectivity index (χ1n) is 8.21. The van der Waals surface area contributed by atoms with Gasteiger partial charge in [0, 0.05) is 19.4 Å². The van der Waals surface area contributed by atoms with Crippen molar-refractivity contribution in [3.63, 3.8) is 0 Å². The first-order valence-corrected chi connectivity index (χ1v) is 8.21. The van der Waals surface area contributed by atoms with Crippen molar-refractivity contribution in [1.29, 1.82) is 0 Å². The first kappa shape index (κ1) is 15.5. The van der Waals surface area contributed by atoms with Gasteiger partial charge in [-0.15, -0.1) is 0 Å². The molecule has 0 radical (unpaired) electrons. The fourth-order valence-corrected chi connectivity index (χ4v) is 3.35. The molecular weight excluding hydrogens is 248 g/mol. The molecule has 1 saturated carbocycles. The van der Waals surface area contributed by atoms with Gasteiger partial charge in [0.05, 0.1) is 0 Å². The van der Waals surface area contributed by atoms with Crippen LogP contribution in [0, 0.1) is 11.8 Å². The summed E-state index contributed by atoms with van der Waals surface area (Å²) in [6.45, 7) is 5.37. The van der Waals surface area contributed by atoms with E-state index < -0.39 is 0 Å². The fraction of sp³-hybridized carbons (Fsp3) is 0.875. The molecule has 0 saturated heterocycles. The lowest BCUT2D eigenvalue weighted by atomic mass is 9.88. The third kappa shape index (κ3) is 3.81. The Bertz CT molecular complexity index is 405. The second-order valence-corrected chi connectivity index (χ2v) is 6.61. The van der Waals surface area contributed by atoms with Crippen LogP contribution in [0.4, 0.5) is 0 Å². The topological polar surface area (TPSA) is 56.7 Å². The Morgan fingerprint density at radius 2 is 1.95 bits per heavy atom. The molecule has 0 aliphatic heterocycles. The molecule has 1 aliphatic rings. The third-order valence-electron chi connectivity index (χ3n) is 4.81. The lowest BCUT2D eigenvalue weighted by Crippen LogP contribution is -2.16. The van der Waals surface area contributed by atoms with Gasteiger partial charge in [0.25, 0.3) is 0 Å². The van der Waals surface area contributed by atoms with Crippen molar-refractivity contribution in [3.05, 3.63) is 11.6 Å². The monoisotopic (exact) mass is 278 g/mol. The number of aryl methyl sites for hydroxylation is 2. The van der Waals surface area contributed by atoms with Crippen LogP contribution in [0.2, 0.25) is 0 Å². The molecule has 114 valence electrons. The highest BCUT2D eigenvalue weighted by atomic mass is 15.3. The Hall–Kier alpha value is -0.900. The highest BCUT2D eigenvalue weighted by Crippen LogP contribution is 2.32. The number of nitrogens with zero attached hydrogens (tertiary/aromatic N) is 3. The van der Waals surface area contributed by atoms with Crippen LogP contribution in [-0.2, 0) is 13.5 Å². The van der Waals surface area contributed by atoms with Gasteiger partial charge in [-0.3, -0.25) is 4.68 Å². The molecule has 1 aromatic heterocycles. The van der Waals surface area contributed by atoms with Crippen molar-refractivity contribution >= 4 is 0 Å². The highest BCUT2D eigenvalue weighted by molar-refractivity contribution is 5.01. The number of aromatic nitrogens is 3. The zero-order valence-electron chi connectivity index (χ0n) is 13.3. The average Bonchev–Trinajstić information content (AvgIpc) is 3.03. The summed E-state index contributed by atoms with van der Waals surface area (Å²) in [5.41, 5.74) is 5.72. The fourth-order valence-electron chi connectivity index (χ4n) is 3.35. The molecule has 2 N–H and O–H groups in total. The van der Waals surface area contributed by atoms with Crippen LogP contribution in [0.15, 0.2) is 0 Å². The highest BCUT2D eigenvalue weighted by Gasteiger charge is 2.22. The molecule has 0 bridgehead atoms. The molecule has 1 unspecified atom stereocenters. The van der Waals surface area contributed by atoms with E-state index in [-0.39, 0.29) is 0 Å². The normalized spacial score (nSPS) is 18.1. The summed E-state index contributed by atoms with van der Waals surface area (Å²) >= 11 is 0. The van der Waals surface area contributed by atoms with E-state index in [2.05, 4.69) is 18.9 Å². The van der Waals surface area contributed by atoms with Gasteiger partial charge in [0.2, 0.25) is 0 Å². The van der Waals surface area contributed by atoms with Crippen molar-refractivity contribution < 1.29 is 0 Å². The zero-order chi connectivity index (χ0) is 14.5. The molecule has 1 fully saturated rings. The third-order valence-corrected chi connectivity index (χ3v) is 4.81. The molecule has 0 amide bonds. The number of hydrogen-bond acceptors (Lipinski definition) is 3. The van der Waals surface area contributed by atoms with Gasteiger partial charge in [-0.2, -0.15) is 5.10 Å². The van der Waals surface area contributed by atoms with Crippen LogP contribution in [0.3, 0.4) is 0 Å². The van der Waals surface area contributed by atoms with Gasteiger partial charge >= 0.3 is 0 Å². The van der Waals surface area contributed by atoms with E-state index in [0.717, 1.165) is 31.0 Å². The predicted molar refractivity (Wildman–Crippen MR) is 82.5 cm³/mol. The van der Waals surface area contributed by atoms with E-state index >= 15 is 0 Å². The Kier molecular flexibility index (Phi) is 5.58. The van der Waals surface area contributed by atoms with Crippen LogP contribution in [0.1, 0.15) is 69.9 Å². The van der Waals surface area contributed by atoms with Gasteiger partial charge in [-0.05, 0) is 44.1 Å². The molecule has 4 heteroatoms. The van der Waals surface area contributed by atoms with Crippen LogP contribution >= 0.6 is 0 Å². The minimum atomic E-state index is 0.611. The maximum absolute atomic E-state index is 5.72. The quantitative estimate of drug-likeness (QED) is 0.834. The molecule has 0 aromatic carbocycles. The van der Waals surface area contributed by atoms with Gasteiger partial charge in [-0.1, -0.05) is 26.7 Å². The van der Waals surface area contributed by atoms with Gasteiger partial charge in [-0.25, -0.2) is 4.98 Å². The van der Waals surface area contributed by atoms with Crippen LogP contribution in [0.25, 0.3) is 0 Å². The van der Waals surface area contributed by atoms with E-state index in [1.165, 1.54) is 32.1 Å². The number of rotatable bonds is 7. The average molecular weight is 278 g/mol. The van der Waals surface area contributed by atoms with Crippen molar-refractivity contribution in [1.82, 2.24) is 14.8 Å². The molecular formula is C16H30N4. The SMILES string of the molecule is CC(C)C(CCN)CCc1nc(C2CCCC2)nn1C. The van der Waals surface area contributed by atoms with Crippen LogP contribution < -0.4 is 5.73 Å². The number of nitrogens with two attached hydrogens (primary N) is 1. The Balaban J connectivity index is 1.95. The zero-order valence-corrected chi connectivity index (χ0v) is 13.3. The van der Waals surface area contributed by atoms with E-state index in [1.54, 1.807) is 0 Å². The summed E-state index contributed by atoms with van der Waals surface area (Å²) in [4.78, 5) is 4.80. The summed E-state index contributed by atoms with van der Waals surface area (Å²) in [6, 6.07) is 0. The minimum absolute atomic E-state index is 0.611. The lowest BCUT2D eigenvalue weighted by molar-refractivity contribution is 0.337. The standard InChI is InChI=1S/C16H30N4/c1-12(2)13(10-11-17)8-9-15-18-16(19-20(15)3)14-6-4-5-7-14/h12-14H,4-11,17H2,1-3H3.